The van der Waals surface area contributed by atoms with Crippen molar-refractivity contribution in [3.05, 3.63) is 0 Å². The van der Waals surface area contributed by atoms with Gasteiger partial charge in [0.2, 0.25) is 0 Å². The van der Waals surface area contributed by atoms with Crippen molar-refractivity contribution in [1.29, 1.82) is 0 Å². The van der Waals surface area contributed by atoms with Crippen LogP contribution >= 0.6 is 12.4 Å². The van der Waals surface area contributed by atoms with Gasteiger partial charge in [0.05, 0.1) is 6.61 Å². The zero-order valence-electron chi connectivity index (χ0n) is 14.5. The summed E-state index contributed by atoms with van der Waals surface area (Å²) in [6.07, 6.45) is 2.98. The van der Waals surface area contributed by atoms with Crippen LogP contribution in [0.3, 0.4) is 0 Å². The Balaban J connectivity index is 0.00000264. The maximum Gasteiger partial charge on any atom is 0.279 e. The summed E-state index contributed by atoms with van der Waals surface area (Å²) in [7, 11) is -1.71. The van der Waals surface area contributed by atoms with E-state index in [4.69, 9.17) is 4.74 Å². The molecule has 138 valence electrons. The van der Waals surface area contributed by atoms with Crippen LogP contribution < -0.4 is 10.0 Å². The van der Waals surface area contributed by atoms with Crippen molar-refractivity contribution in [1.82, 2.24) is 14.3 Å². The lowest BCUT2D eigenvalue weighted by Crippen LogP contribution is -2.52. The van der Waals surface area contributed by atoms with Gasteiger partial charge < -0.3 is 10.1 Å². The smallest absolute Gasteiger partial charge is 0.279 e. The molecule has 0 radical (unpaired) electrons. The summed E-state index contributed by atoms with van der Waals surface area (Å²) in [6, 6.07) is 0. The molecule has 2 unspecified atom stereocenters. The van der Waals surface area contributed by atoms with Gasteiger partial charge in [-0.15, -0.1) is 12.4 Å². The van der Waals surface area contributed by atoms with Crippen molar-refractivity contribution >= 4 is 22.6 Å². The summed E-state index contributed by atoms with van der Waals surface area (Å²) >= 11 is 0. The number of nitrogens with zero attached hydrogens (tertiary/aromatic N) is 1. The van der Waals surface area contributed by atoms with Crippen LogP contribution in [0.5, 0.6) is 0 Å². The van der Waals surface area contributed by atoms with E-state index in [0.29, 0.717) is 38.1 Å². The highest BCUT2D eigenvalue weighted by atomic mass is 35.5. The van der Waals surface area contributed by atoms with Crippen LogP contribution in [0.25, 0.3) is 0 Å². The average molecular weight is 370 g/mol. The molecule has 2 saturated heterocycles. The van der Waals surface area contributed by atoms with Gasteiger partial charge in [-0.2, -0.15) is 12.7 Å². The Morgan fingerprint density at radius 2 is 1.78 bits per heavy atom. The molecule has 0 aromatic carbocycles. The lowest BCUT2D eigenvalue weighted by atomic mass is 9.80. The summed E-state index contributed by atoms with van der Waals surface area (Å²) < 4.78 is 35.1. The first-order valence-corrected chi connectivity index (χ1v) is 9.75. The first-order chi connectivity index (χ1) is 10.4. The molecule has 23 heavy (non-hydrogen) atoms. The van der Waals surface area contributed by atoms with Gasteiger partial charge in [0.15, 0.2) is 0 Å². The molecular formula is C15H32ClN3O3S. The van der Waals surface area contributed by atoms with E-state index < -0.39 is 10.2 Å². The summed E-state index contributed by atoms with van der Waals surface area (Å²) in [6.45, 7) is 8.39. The van der Waals surface area contributed by atoms with Crippen LogP contribution in [0.2, 0.25) is 0 Å². The Labute approximate surface area is 147 Å². The predicted octanol–water partition coefficient (Wildman–Crippen LogP) is 1.24. The molecule has 2 heterocycles. The molecule has 2 fully saturated rings. The largest absolute Gasteiger partial charge is 0.384 e. The third-order valence-electron chi connectivity index (χ3n) is 4.92. The van der Waals surface area contributed by atoms with E-state index in [1.807, 2.05) is 0 Å². The fourth-order valence-electron chi connectivity index (χ4n) is 3.77. The van der Waals surface area contributed by atoms with Gasteiger partial charge in [0.25, 0.3) is 10.2 Å². The number of nitrogens with one attached hydrogen (secondary N) is 2. The van der Waals surface area contributed by atoms with E-state index >= 15 is 0 Å². The third kappa shape index (κ3) is 5.83. The van der Waals surface area contributed by atoms with Crippen molar-refractivity contribution in [2.75, 3.05) is 46.4 Å². The van der Waals surface area contributed by atoms with Crippen molar-refractivity contribution in [3.63, 3.8) is 0 Å². The molecule has 6 nitrogen and oxygen atoms in total. The highest BCUT2D eigenvalue weighted by molar-refractivity contribution is 7.87. The summed E-state index contributed by atoms with van der Waals surface area (Å²) in [5.41, 5.74) is -0.0832. The van der Waals surface area contributed by atoms with Crippen molar-refractivity contribution < 1.29 is 13.2 Å². The maximum absolute atomic E-state index is 12.6. The molecule has 2 atom stereocenters. The summed E-state index contributed by atoms with van der Waals surface area (Å²) in [5, 5.41) is 3.33. The molecule has 2 aliphatic heterocycles. The second-order valence-corrected chi connectivity index (χ2v) is 9.03. The van der Waals surface area contributed by atoms with Gasteiger partial charge >= 0.3 is 0 Å². The SMILES string of the molecule is COCC1(CNS(=O)(=O)N2CC(C)CC(C)C2)CCNCC1.Cl. The Kier molecular flexibility index (Phi) is 8.23. The molecule has 2 N–H and O–H groups in total. The standard InChI is InChI=1S/C15H31N3O3S.ClH/c1-13-8-14(2)10-18(9-13)22(19,20)17-11-15(12-21-3)4-6-16-7-5-15;/h13-14,16-17H,4-12H2,1-3H3;1H. The predicted molar refractivity (Wildman–Crippen MR) is 95.1 cm³/mol. The molecule has 0 aromatic heterocycles. The first kappa shape index (κ1) is 21.1. The minimum Gasteiger partial charge on any atom is -0.384 e. The molecule has 0 bridgehead atoms. The Bertz CT molecular complexity index is 439. The van der Waals surface area contributed by atoms with E-state index in [1.165, 1.54) is 0 Å². The highest BCUT2D eigenvalue weighted by Crippen LogP contribution is 2.29. The molecule has 2 rings (SSSR count). The second-order valence-electron chi connectivity index (χ2n) is 7.27. The topological polar surface area (TPSA) is 70.7 Å². The number of piperidine rings is 2. The summed E-state index contributed by atoms with van der Waals surface area (Å²) in [4.78, 5) is 0. The van der Waals surface area contributed by atoms with Crippen LogP contribution in [-0.2, 0) is 14.9 Å². The van der Waals surface area contributed by atoms with E-state index in [2.05, 4.69) is 23.9 Å². The lowest BCUT2D eigenvalue weighted by Gasteiger charge is -2.39. The Hall–Kier alpha value is 0.0800. The summed E-state index contributed by atoms with van der Waals surface area (Å²) in [5.74, 6) is 0.847. The minimum absolute atomic E-state index is 0. The fourth-order valence-corrected chi connectivity index (χ4v) is 5.35. The van der Waals surface area contributed by atoms with E-state index in [1.54, 1.807) is 11.4 Å². The fraction of sp³-hybridized carbons (Fsp3) is 1.00. The van der Waals surface area contributed by atoms with E-state index in [-0.39, 0.29) is 17.8 Å². The van der Waals surface area contributed by atoms with Gasteiger partial charge in [0, 0.05) is 32.2 Å². The molecule has 0 saturated carbocycles. The zero-order chi connectivity index (χ0) is 16.2. The lowest BCUT2D eigenvalue weighted by molar-refractivity contribution is 0.0572. The molecule has 0 spiro atoms. The molecule has 0 amide bonds. The van der Waals surface area contributed by atoms with Crippen LogP contribution in [-0.4, -0.2) is 59.2 Å². The molecule has 2 aliphatic rings. The number of methoxy groups -OCH3 is 1. The quantitative estimate of drug-likeness (QED) is 0.739. The third-order valence-corrected chi connectivity index (χ3v) is 6.41. The van der Waals surface area contributed by atoms with Crippen molar-refractivity contribution in [3.8, 4) is 0 Å². The average Bonchev–Trinajstić information content (AvgIpc) is 2.46. The molecule has 8 heteroatoms. The number of hydrogen-bond donors (Lipinski definition) is 2. The van der Waals surface area contributed by atoms with Crippen LogP contribution in [0.1, 0.15) is 33.1 Å². The van der Waals surface area contributed by atoms with Gasteiger partial charge in [-0.25, -0.2) is 4.72 Å². The molecular weight excluding hydrogens is 338 g/mol. The maximum atomic E-state index is 12.6. The Morgan fingerprint density at radius 1 is 1.22 bits per heavy atom. The first-order valence-electron chi connectivity index (χ1n) is 8.31. The number of ether oxygens (including phenoxy) is 1. The van der Waals surface area contributed by atoms with Gasteiger partial charge in [-0.3, -0.25) is 0 Å². The van der Waals surface area contributed by atoms with Crippen molar-refractivity contribution in [2.24, 2.45) is 17.3 Å². The van der Waals surface area contributed by atoms with Crippen LogP contribution in [0, 0.1) is 17.3 Å². The van der Waals surface area contributed by atoms with E-state index in [9.17, 15) is 8.42 Å². The normalized spacial score (nSPS) is 29.0. The highest BCUT2D eigenvalue weighted by Gasteiger charge is 2.36. The van der Waals surface area contributed by atoms with Gasteiger partial charge in [-0.05, 0) is 44.2 Å². The number of halogens is 1. The number of hydrogen-bond acceptors (Lipinski definition) is 4. The molecule has 0 aromatic rings. The zero-order valence-corrected chi connectivity index (χ0v) is 16.1. The van der Waals surface area contributed by atoms with Crippen LogP contribution in [0.15, 0.2) is 0 Å². The van der Waals surface area contributed by atoms with Gasteiger partial charge in [0.1, 0.15) is 0 Å². The second kappa shape index (κ2) is 8.97. The van der Waals surface area contributed by atoms with Gasteiger partial charge in [-0.1, -0.05) is 13.8 Å². The minimum atomic E-state index is -3.40. The van der Waals surface area contributed by atoms with Crippen molar-refractivity contribution in [2.45, 2.75) is 33.1 Å². The Morgan fingerprint density at radius 3 is 2.30 bits per heavy atom. The number of rotatable bonds is 6. The molecule has 0 aliphatic carbocycles. The monoisotopic (exact) mass is 369 g/mol. The van der Waals surface area contributed by atoms with Crippen LogP contribution in [0.4, 0.5) is 0 Å². The van der Waals surface area contributed by atoms with E-state index in [0.717, 1.165) is 32.4 Å².